The van der Waals surface area contributed by atoms with E-state index >= 15 is 0 Å². The van der Waals surface area contributed by atoms with Crippen LogP contribution in [0.1, 0.15) is 24.4 Å². The molecule has 3 rings (SSSR count). The molecule has 0 bridgehead atoms. The second-order valence-electron chi connectivity index (χ2n) is 5.59. The molecule has 22 heavy (non-hydrogen) atoms. The lowest BCUT2D eigenvalue weighted by Crippen LogP contribution is -2.32. The number of amides is 1. The van der Waals surface area contributed by atoms with E-state index < -0.39 is 0 Å². The maximum Gasteiger partial charge on any atom is 0.238 e. The molecule has 2 aromatic carbocycles. The van der Waals surface area contributed by atoms with E-state index in [-0.39, 0.29) is 5.91 Å². The van der Waals surface area contributed by atoms with E-state index in [1.165, 1.54) is 5.56 Å². The van der Waals surface area contributed by atoms with Crippen molar-refractivity contribution in [2.45, 2.75) is 18.9 Å². The van der Waals surface area contributed by atoms with Crippen LogP contribution in [0.4, 0.5) is 5.69 Å². The highest BCUT2D eigenvalue weighted by atomic mass is 79.9. The first-order chi connectivity index (χ1) is 10.7. The van der Waals surface area contributed by atoms with Gasteiger partial charge in [-0.2, -0.15) is 0 Å². The van der Waals surface area contributed by atoms with Crippen LogP contribution in [0.5, 0.6) is 0 Å². The lowest BCUT2D eigenvalue weighted by Gasteiger charge is -2.24. The van der Waals surface area contributed by atoms with Gasteiger partial charge in [-0.3, -0.25) is 9.69 Å². The van der Waals surface area contributed by atoms with Crippen molar-refractivity contribution in [3.05, 3.63) is 64.6 Å². The molecule has 1 atom stereocenters. The minimum atomic E-state index is 0.0464. The van der Waals surface area contributed by atoms with E-state index in [1.807, 2.05) is 30.3 Å². The molecule has 0 radical (unpaired) electrons. The summed E-state index contributed by atoms with van der Waals surface area (Å²) < 4.78 is 1.01. The van der Waals surface area contributed by atoms with Crippen LogP contribution in [0.2, 0.25) is 0 Å². The zero-order valence-electron chi connectivity index (χ0n) is 12.3. The highest BCUT2D eigenvalue weighted by molar-refractivity contribution is 9.10. The number of rotatable bonds is 4. The van der Waals surface area contributed by atoms with Crippen LogP contribution in [0.25, 0.3) is 0 Å². The van der Waals surface area contributed by atoms with Crippen LogP contribution in [0, 0.1) is 0 Å². The Hall–Kier alpha value is -1.65. The summed E-state index contributed by atoms with van der Waals surface area (Å²) in [4.78, 5) is 14.5. The fourth-order valence-electron chi connectivity index (χ4n) is 2.99. The molecular weight excluding hydrogens is 340 g/mol. The van der Waals surface area contributed by atoms with E-state index in [2.05, 4.69) is 50.4 Å². The molecule has 1 heterocycles. The third kappa shape index (κ3) is 3.76. The van der Waals surface area contributed by atoms with Crippen molar-refractivity contribution in [1.29, 1.82) is 0 Å². The molecule has 3 nitrogen and oxygen atoms in total. The molecule has 4 heteroatoms. The first-order valence-corrected chi connectivity index (χ1v) is 8.36. The molecule has 0 aliphatic carbocycles. The normalized spacial score (nSPS) is 18.3. The zero-order valence-corrected chi connectivity index (χ0v) is 13.9. The first kappa shape index (κ1) is 15.3. The van der Waals surface area contributed by atoms with Crippen molar-refractivity contribution in [2.75, 3.05) is 18.4 Å². The smallest absolute Gasteiger partial charge is 0.238 e. The number of nitrogens with zero attached hydrogens (tertiary/aromatic N) is 1. The monoisotopic (exact) mass is 358 g/mol. The first-order valence-electron chi connectivity index (χ1n) is 7.57. The molecule has 0 spiro atoms. The maximum atomic E-state index is 12.3. The van der Waals surface area contributed by atoms with Gasteiger partial charge in [0.1, 0.15) is 0 Å². The molecule has 0 saturated carbocycles. The zero-order chi connectivity index (χ0) is 15.4. The van der Waals surface area contributed by atoms with Gasteiger partial charge < -0.3 is 5.32 Å². The Morgan fingerprint density at radius 1 is 1.14 bits per heavy atom. The van der Waals surface area contributed by atoms with Crippen molar-refractivity contribution in [2.24, 2.45) is 0 Å². The Balaban J connectivity index is 1.62. The Bertz CT molecular complexity index is 627. The van der Waals surface area contributed by atoms with Crippen molar-refractivity contribution < 1.29 is 4.79 Å². The maximum absolute atomic E-state index is 12.3. The molecule has 1 fully saturated rings. The van der Waals surface area contributed by atoms with Gasteiger partial charge in [-0.1, -0.05) is 46.3 Å². The van der Waals surface area contributed by atoms with Crippen molar-refractivity contribution in [3.63, 3.8) is 0 Å². The summed E-state index contributed by atoms with van der Waals surface area (Å²) in [7, 11) is 0. The van der Waals surface area contributed by atoms with Gasteiger partial charge in [0.05, 0.1) is 6.54 Å². The minimum absolute atomic E-state index is 0.0464. The molecule has 0 aromatic heterocycles. The van der Waals surface area contributed by atoms with Crippen LogP contribution in [-0.2, 0) is 4.79 Å². The number of anilines is 1. The minimum Gasteiger partial charge on any atom is -0.325 e. The average Bonchev–Trinajstić information content (AvgIpc) is 2.98. The van der Waals surface area contributed by atoms with E-state index in [0.29, 0.717) is 12.6 Å². The predicted molar refractivity (Wildman–Crippen MR) is 92.8 cm³/mol. The molecule has 1 N–H and O–H groups in total. The lowest BCUT2D eigenvalue weighted by molar-refractivity contribution is -0.117. The summed E-state index contributed by atoms with van der Waals surface area (Å²) in [6.07, 6.45) is 2.26. The third-order valence-electron chi connectivity index (χ3n) is 4.02. The Morgan fingerprint density at radius 2 is 1.86 bits per heavy atom. The van der Waals surface area contributed by atoms with E-state index in [4.69, 9.17) is 0 Å². The molecule has 1 aliphatic rings. The van der Waals surface area contributed by atoms with Gasteiger partial charge in [0, 0.05) is 16.2 Å². The summed E-state index contributed by atoms with van der Waals surface area (Å²) in [5.41, 5.74) is 2.14. The number of likely N-dealkylation sites (tertiary alicyclic amines) is 1. The summed E-state index contributed by atoms with van der Waals surface area (Å²) in [6, 6.07) is 18.5. The van der Waals surface area contributed by atoms with Gasteiger partial charge in [-0.25, -0.2) is 0 Å². The molecule has 2 aromatic rings. The van der Waals surface area contributed by atoms with Gasteiger partial charge in [-0.05, 0) is 49.2 Å². The SMILES string of the molecule is O=C(CN1CCCC1c1ccccc1)Nc1ccc(Br)cc1. The Labute approximate surface area is 139 Å². The Morgan fingerprint density at radius 3 is 2.59 bits per heavy atom. The predicted octanol–water partition coefficient (Wildman–Crippen LogP) is 4.22. The van der Waals surface area contributed by atoms with Gasteiger partial charge in [0.25, 0.3) is 0 Å². The van der Waals surface area contributed by atoms with E-state index in [1.54, 1.807) is 0 Å². The van der Waals surface area contributed by atoms with Crippen LogP contribution >= 0.6 is 15.9 Å². The quantitative estimate of drug-likeness (QED) is 0.886. The molecule has 114 valence electrons. The highest BCUT2D eigenvalue weighted by Gasteiger charge is 2.27. The van der Waals surface area contributed by atoms with Gasteiger partial charge in [-0.15, -0.1) is 0 Å². The molecular formula is C18H19BrN2O. The fourth-order valence-corrected chi connectivity index (χ4v) is 3.25. The fraction of sp³-hybridized carbons (Fsp3) is 0.278. The second-order valence-corrected chi connectivity index (χ2v) is 6.51. The summed E-state index contributed by atoms with van der Waals surface area (Å²) in [5, 5.41) is 2.97. The summed E-state index contributed by atoms with van der Waals surface area (Å²) >= 11 is 3.40. The van der Waals surface area contributed by atoms with Crippen molar-refractivity contribution in [3.8, 4) is 0 Å². The van der Waals surface area contributed by atoms with Crippen molar-refractivity contribution in [1.82, 2.24) is 4.90 Å². The number of halogens is 1. The van der Waals surface area contributed by atoms with Crippen LogP contribution in [0.15, 0.2) is 59.1 Å². The number of hydrogen-bond acceptors (Lipinski definition) is 2. The topological polar surface area (TPSA) is 32.3 Å². The number of carbonyl (C=O) groups is 1. The summed E-state index contributed by atoms with van der Waals surface area (Å²) in [5.74, 6) is 0.0464. The summed E-state index contributed by atoms with van der Waals surface area (Å²) in [6.45, 7) is 1.42. The number of hydrogen-bond donors (Lipinski definition) is 1. The third-order valence-corrected chi connectivity index (χ3v) is 4.55. The van der Waals surface area contributed by atoms with Crippen LogP contribution in [0.3, 0.4) is 0 Å². The molecule has 1 aliphatic heterocycles. The van der Waals surface area contributed by atoms with E-state index in [0.717, 1.165) is 29.5 Å². The molecule has 1 saturated heterocycles. The molecule has 1 unspecified atom stereocenters. The number of benzene rings is 2. The van der Waals surface area contributed by atoms with Crippen LogP contribution in [-0.4, -0.2) is 23.9 Å². The van der Waals surface area contributed by atoms with Crippen molar-refractivity contribution >= 4 is 27.5 Å². The standard InChI is InChI=1S/C18H19BrN2O/c19-15-8-10-16(11-9-15)20-18(22)13-21-12-4-7-17(21)14-5-2-1-3-6-14/h1-3,5-6,8-11,17H,4,7,12-13H2,(H,20,22). The van der Waals surface area contributed by atoms with Crippen LogP contribution < -0.4 is 5.32 Å². The van der Waals surface area contributed by atoms with E-state index in [9.17, 15) is 4.79 Å². The molecule has 1 amide bonds. The second kappa shape index (κ2) is 7.07. The largest absolute Gasteiger partial charge is 0.325 e. The number of carbonyl (C=O) groups excluding carboxylic acids is 1. The Kier molecular flexibility index (Phi) is 4.90. The lowest BCUT2D eigenvalue weighted by atomic mass is 10.0. The number of nitrogens with one attached hydrogen (secondary N) is 1. The highest BCUT2D eigenvalue weighted by Crippen LogP contribution is 2.31. The average molecular weight is 359 g/mol. The van der Waals surface area contributed by atoms with Gasteiger partial charge in [0.2, 0.25) is 5.91 Å². The van der Waals surface area contributed by atoms with Gasteiger partial charge in [0.15, 0.2) is 0 Å². The van der Waals surface area contributed by atoms with Gasteiger partial charge >= 0.3 is 0 Å².